The summed E-state index contributed by atoms with van der Waals surface area (Å²) in [5.41, 5.74) is 2.73. The molecule has 0 aromatic carbocycles. The van der Waals surface area contributed by atoms with Crippen molar-refractivity contribution in [3.05, 3.63) is 48.0 Å². The van der Waals surface area contributed by atoms with E-state index in [1.54, 1.807) is 23.1 Å². The molecule has 3 aromatic heterocycles. The average Bonchev–Trinajstić information content (AvgIpc) is 2.86. The van der Waals surface area contributed by atoms with E-state index < -0.39 is 0 Å². The van der Waals surface area contributed by atoms with Gasteiger partial charge < -0.3 is 5.32 Å². The first kappa shape index (κ1) is 14.8. The molecule has 7 heteroatoms. The minimum absolute atomic E-state index is 0.173. The molecule has 0 aliphatic carbocycles. The number of aryl methyl sites for hydroxylation is 2. The Morgan fingerprint density at radius 3 is 2.61 bits per heavy atom. The summed E-state index contributed by atoms with van der Waals surface area (Å²) in [7, 11) is 0. The van der Waals surface area contributed by atoms with Crippen LogP contribution in [0.4, 0.5) is 5.82 Å². The van der Waals surface area contributed by atoms with Crippen molar-refractivity contribution < 1.29 is 4.79 Å². The van der Waals surface area contributed by atoms with Crippen molar-refractivity contribution in [2.24, 2.45) is 0 Å². The van der Waals surface area contributed by atoms with Gasteiger partial charge in [0.2, 0.25) is 5.91 Å². The minimum atomic E-state index is -0.173. The highest BCUT2D eigenvalue weighted by Gasteiger charge is 2.08. The lowest BCUT2D eigenvalue weighted by molar-refractivity contribution is -0.114. The van der Waals surface area contributed by atoms with Crippen LogP contribution in [-0.4, -0.2) is 30.6 Å². The SMILES string of the molecule is CC(=O)Nc1ccnc(-c2ccc(-n3nc(C)cc3C)nc2)n1. The molecule has 116 valence electrons. The summed E-state index contributed by atoms with van der Waals surface area (Å²) in [6, 6.07) is 7.38. The second-order valence-electron chi connectivity index (χ2n) is 5.19. The van der Waals surface area contributed by atoms with Gasteiger partial charge in [0.25, 0.3) is 0 Å². The zero-order valence-corrected chi connectivity index (χ0v) is 13.1. The van der Waals surface area contributed by atoms with E-state index in [9.17, 15) is 4.79 Å². The molecule has 0 saturated carbocycles. The van der Waals surface area contributed by atoms with Crippen LogP contribution < -0.4 is 5.32 Å². The third-order valence-corrected chi connectivity index (χ3v) is 3.19. The number of amides is 1. The van der Waals surface area contributed by atoms with Crippen LogP contribution in [0, 0.1) is 13.8 Å². The highest BCUT2D eigenvalue weighted by atomic mass is 16.1. The topological polar surface area (TPSA) is 85.6 Å². The van der Waals surface area contributed by atoms with E-state index in [-0.39, 0.29) is 5.91 Å². The quantitative estimate of drug-likeness (QED) is 0.802. The van der Waals surface area contributed by atoms with Crippen LogP contribution in [0.15, 0.2) is 36.7 Å². The predicted molar refractivity (Wildman–Crippen MR) is 86.2 cm³/mol. The number of anilines is 1. The van der Waals surface area contributed by atoms with E-state index in [0.717, 1.165) is 22.8 Å². The normalized spacial score (nSPS) is 10.6. The van der Waals surface area contributed by atoms with Crippen molar-refractivity contribution in [3.63, 3.8) is 0 Å². The fourth-order valence-corrected chi connectivity index (χ4v) is 2.25. The maximum atomic E-state index is 11.1. The molecule has 0 saturated heterocycles. The molecule has 3 heterocycles. The van der Waals surface area contributed by atoms with Gasteiger partial charge in [0.15, 0.2) is 11.6 Å². The average molecular weight is 308 g/mol. The van der Waals surface area contributed by atoms with Crippen molar-refractivity contribution >= 4 is 11.7 Å². The van der Waals surface area contributed by atoms with Gasteiger partial charge in [0, 0.05) is 30.6 Å². The van der Waals surface area contributed by atoms with Gasteiger partial charge >= 0.3 is 0 Å². The minimum Gasteiger partial charge on any atom is -0.311 e. The zero-order valence-electron chi connectivity index (χ0n) is 13.1. The Morgan fingerprint density at radius 1 is 1.17 bits per heavy atom. The molecule has 23 heavy (non-hydrogen) atoms. The first-order valence-electron chi connectivity index (χ1n) is 7.13. The van der Waals surface area contributed by atoms with Gasteiger partial charge in [-0.15, -0.1) is 0 Å². The number of aromatic nitrogens is 5. The Labute approximate surface area is 133 Å². The predicted octanol–water partition coefficient (Wildman–Crippen LogP) is 2.30. The van der Waals surface area contributed by atoms with Crippen LogP contribution in [0.2, 0.25) is 0 Å². The molecular formula is C16H16N6O. The van der Waals surface area contributed by atoms with Crippen LogP contribution in [0.5, 0.6) is 0 Å². The monoisotopic (exact) mass is 308 g/mol. The molecule has 3 aromatic rings. The summed E-state index contributed by atoms with van der Waals surface area (Å²) in [5, 5.41) is 7.04. The molecule has 1 N–H and O–H groups in total. The number of carbonyl (C=O) groups excluding carboxylic acids is 1. The molecule has 3 rings (SSSR count). The number of carbonyl (C=O) groups is 1. The van der Waals surface area contributed by atoms with Crippen molar-refractivity contribution in [1.29, 1.82) is 0 Å². The van der Waals surface area contributed by atoms with Gasteiger partial charge in [-0.1, -0.05) is 0 Å². The standard InChI is InChI=1S/C16H16N6O/c1-10-8-11(2)22(21-10)15-5-4-13(9-18-15)16-17-7-6-14(20-16)19-12(3)23/h4-9H,1-3H3,(H,17,19,20,23). The van der Waals surface area contributed by atoms with E-state index in [2.05, 4.69) is 25.4 Å². The fraction of sp³-hybridized carbons (Fsp3) is 0.188. The van der Waals surface area contributed by atoms with Gasteiger partial charge in [-0.3, -0.25) is 4.79 Å². The first-order chi connectivity index (χ1) is 11.0. The van der Waals surface area contributed by atoms with E-state index in [1.165, 1.54) is 6.92 Å². The maximum Gasteiger partial charge on any atom is 0.222 e. The summed E-state index contributed by atoms with van der Waals surface area (Å²) in [5.74, 6) is 1.53. The van der Waals surface area contributed by atoms with Gasteiger partial charge in [-0.2, -0.15) is 5.10 Å². The van der Waals surface area contributed by atoms with E-state index in [1.807, 2.05) is 32.0 Å². The van der Waals surface area contributed by atoms with Crippen molar-refractivity contribution in [2.75, 3.05) is 5.32 Å². The van der Waals surface area contributed by atoms with E-state index in [0.29, 0.717) is 11.6 Å². The first-order valence-corrected chi connectivity index (χ1v) is 7.13. The summed E-state index contributed by atoms with van der Waals surface area (Å²) in [4.78, 5) is 24.0. The number of nitrogens with zero attached hydrogens (tertiary/aromatic N) is 5. The van der Waals surface area contributed by atoms with Crippen LogP contribution in [0.3, 0.4) is 0 Å². The number of pyridine rings is 1. The summed E-state index contributed by atoms with van der Waals surface area (Å²) < 4.78 is 1.79. The zero-order chi connectivity index (χ0) is 16.4. The third-order valence-electron chi connectivity index (χ3n) is 3.19. The third kappa shape index (κ3) is 3.23. The number of hydrogen-bond donors (Lipinski definition) is 1. The lowest BCUT2D eigenvalue weighted by atomic mass is 10.2. The van der Waals surface area contributed by atoms with Crippen molar-refractivity contribution in [3.8, 4) is 17.2 Å². The molecule has 0 aliphatic heterocycles. The van der Waals surface area contributed by atoms with Gasteiger partial charge in [-0.25, -0.2) is 19.6 Å². The van der Waals surface area contributed by atoms with Gasteiger partial charge in [0.05, 0.1) is 5.69 Å². The molecule has 0 aliphatic rings. The van der Waals surface area contributed by atoms with Crippen LogP contribution in [0.25, 0.3) is 17.2 Å². The second kappa shape index (κ2) is 5.96. The smallest absolute Gasteiger partial charge is 0.222 e. The van der Waals surface area contributed by atoms with Gasteiger partial charge in [-0.05, 0) is 38.1 Å². The van der Waals surface area contributed by atoms with Crippen LogP contribution in [-0.2, 0) is 4.79 Å². The summed E-state index contributed by atoms with van der Waals surface area (Å²) >= 11 is 0. The van der Waals surface area contributed by atoms with E-state index >= 15 is 0 Å². The maximum absolute atomic E-state index is 11.1. The lowest BCUT2D eigenvalue weighted by Gasteiger charge is -2.06. The molecule has 0 unspecified atom stereocenters. The molecule has 7 nitrogen and oxygen atoms in total. The van der Waals surface area contributed by atoms with Crippen LogP contribution >= 0.6 is 0 Å². The molecular weight excluding hydrogens is 292 g/mol. The van der Waals surface area contributed by atoms with Crippen molar-refractivity contribution in [2.45, 2.75) is 20.8 Å². The summed E-state index contributed by atoms with van der Waals surface area (Å²) in [6.07, 6.45) is 3.29. The number of hydrogen-bond acceptors (Lipinski definition) is 5. The lowest BCUT2D eigenvalue weighted by Crippen LogP contribution is -2.08. The Bertz CT molecular complexity index is 853. The fourth-order valence-electron chi connectivity index (χ4n) is 2.25. The van der Waals surface area contributed by atoms with Gasteiger partial charge in [0.1, 0.15) is 5.82 Å². The molecule has 1 amide bonds. The van der Waals surface area contributed by atoms with Crippen LogP contribution in [0.1, 0.15) is 18.3 Å². The Balaban J connectivity index is 1.90. The van der Waals surface area contributed by atoms with Crippen molar-refractivity contribution in [1.82, 2.24) is 24.7 Å². The van der Waals surface area contributed by atoms with E-state index in [4.69, 9.17) is 0 Å². The number of nitrogens with one attached hydrogen (secondary N) is 1. The number of rotatable bonds is 3. The Morgan fingerprint density at radius 2 is 2.00 bits per heavy atom. The molecule has 0 radical (unpaired) electrons. The molecule has 0 atom stereocenters. The Hall–Kier alpha value is -3.09. The Kier molecular flexibility index (Phi) is 3.84. The largest absolute Gasteiger partial charge is 0.311 e. The summed E-state index contributed by atoms with van der Waals surface area (Å²) in [6.45, 7) is 5.36. The molecule has 0 bridgehead atoms. The molecule has 0 spiro atoms. The molecule has 0 fully saturated rings. The highest BCUT2D eigenvalue weighted by Crippen LogP contribution is 2.17. The second-order valence-corrected chi connectivity index (χ2v) is 5.19. The highest BCUT2D eigenvalue weighted by molar-refractivity contribution is 5.87.